The topological polar surface area (TPSA) is 136 Å². The summed E-state index contributed by atoms with van der Waals surface area (Å²) >= 11 is 0.800. The molecule has 1 aromatic heterocycles. The number of nitrogens with one attached hydrogen (secondary N) is 1. The van der Waals surface area contributed by atoms with Crippen LogP contribution in [0, 0.1) is 0 Å². The summed E-state index contributed by atoms with van der Waals surface area (Å²) in [5.41, 5.74) is 4.76. The number of amides is 1. The number of aliphatic carboxylic acids is 1. The Kier molecular flexibility index (Phi) is 4.78. The zero-order valence-corrected chi connectivity index (χ0v) is 10.6. The predicted molar refractivity (Wildman–Crippen MR) is 61.1 cm³/mol. The number of nitrogens with two attached hydrogens (primary N) is 1. The fraction of sp³-hybridized carbons (Fsp3) is 0.250. The molecule has 4 N–H and O–H groups in total. The van der Waals surface area contributed by atoms with Crippen molar-refractivity contribution < 1.29 is 28.0 Å². The van der Waals surface area contributed by atoms with Gasteiger partial charge in [-0.2, -0.15) is 0 Å². The van der Waals surface area contributed by atoms with Gasteiger partial charge in [0.05, 0.1) is 6.42 Å². The van der Waals surface area contributed by atoms with Gasteiger partial charge in [0.2, 0.25) is 5.91 Å². The number of carboxylic acid groups (broad SMARTS) is 1. The summed E-state index contributed by atoms with van der Waals surface area (Å²) in [6, 6.07) is 2.64. The summed E-state index contributed by atoms with van der Waals surface area (Å²) in [4.78, 5) is 27.3. The van der Waals surface area contributed by atoms with Gasteiger partial charge < -0.3 is 10.8 Å². The zero-order valence-electron chi connectivity index (χ0n) is 8.95. The molecule has 0 saturated heterocycles. The van der Waals surface area contributed by atoms with Crippen molar-refractivity contribution >= 4 is 33.2 Å². The van der Waals surface area contributed by atoms with Crippen LogP contribution in [0.3, 0.4) is 0 Å². The number of carboxylic acids is 1. The van der Waals surface area contributed by atoms with Crippen molar-refractivity contribution in [2.45, 2.75) is 10.6 Å². The predicted octanol–water partition coefficient (Wildman–Crippen LogP) is -0.930. The number of carbonyl (C=O) groups excluding carboxylic acids is 1. The fourth-order valence-corrected chi connectivity index (χ4v) is 3.10. The van der Waals surface area contributed by atoms with Crippen molar-refractivity contribution in [3.8, 4) is 0 Å². The van der Waals surface area contributed by atoms with E-state index in [1.807, 2.05) is 0 Å². The Morgan fingerprint density at radius 1 is 1.44 bits per heavy atom. The molecule has 0 unspecified atom stereocenters. The van der Waals surface area contributed by atoms with E-state index in [2.05, 4.69) is 4.84 Å². The molecule has 0 bridgehead atoms. The minimum absolute atomic E-state index is 0.108. The number of primary amides is 1. The summed E-state index contributed by atoms with van der Waals surface area (Å²) in [6.45, 7) is -0.591. The first-order valence-corrected chi connectivity index (χ1v) is 6.83. The van der Waals surface area contributed by atoms with Gasteiger partial charge in [-0.05, 0) is 12.1 Å². The first-order chi connectivity index (χ1) is 8.31. The van der Waals surface area contributed by atoms with Crippen LogP contribution in [-0.2, 0) is 30.9 Å². The van der Waals surface area contributed by atoms with Crippen LogP contribution in [0.15, 0.2) is 16.3 Å². The minimum atomic E-state index is -3.93. The van der Waals surface area contributed by atoms with E-state index in [0.717, 1.165) is 11.3 Å². The molecule has 0 spiro atoms. The highest BCUT2D eigenvalue weighted by molar-refractivity contribution is 7.91. The lowest BCUT2D eigenvalue weighted by atomic mass is 10.3. The van der Waals surface area contributed by atoms with Crippen LogP contribution >= 0.6 is 11.3 Å². The molecule has 10 heteroatoms. The lowest BCUT2D eigenvalue weighted by Gasteiger charge is -2.02. The Balaban J connectivity index is 2.70. The van der Waals surface area contributed by atoms with Crippen molar-refractivity contribution in [1.29, 1.82) is 0 Å². The molecule has 8 nitrogen and oxygen atoms in total. The normalized spacial score (nSPS) is 11.3. The van der Waals surface area contributed by atoms with E-state index < -0.39 is 28.5 Å². The lowest BCUT2D eigenvalue weighted by Crippen LogP contribution is -2.29. The van der Waals surface area contributed by atoms with E-state index in [0.29, 0.717) is 4.88 Å². The number of rotatable bonds is 7. The first-order valence-electron chi connectivity index (χ1n) is 4.53. The van der Waals surface area contributed by atoms with E-state index in [9.17, 15) is 18.0 Å². The second-order valence-electron chi connectivity index (χ2n) is 3.13. The average molecular weight is 294 g/mol. The highest BCUT2D eigenvalue weighted by Gasteiger charge is 2.18. The summed E-state index contributed by atoms with van der Waals surface area (Å²) in [5.74, 6) is -1.88. The Morgan fingerprint density at radius 3 is 2.67 bits per heavy atom. The minimum Gasteiger partial charge on any atom is -0.481 e. The van der Waals surface area contributed by atoms with Gasteiger partial charge in [0.25, 0.3) is 10.0 Å². The van der Waals surface area contributed by atoms with Gasteiger partial charge in [-0.3, -0.25) is 14.4 Å². The maximum Gasteiger partial charge on any atom is 0.308 e. The van der Waals surface area contributed by atoms with Crippen LogP contribution in [0.25, 0.3) is 0 Å². The maximum atomic E-state index is 11.6. The molecule has 0 radical (unpaired) electrons. The van der Waals surface area contributed by atoms with Crippen LogP contribution in [0.1, 0.15) is 4.88 Å². The Bertz CT molecular complexity index is 550. The molecule has 1 heterocycles. The molecule has 18 heavy (non-hydrogen) atoms. The summed E-state index contributed by atoms with van der Waals surface area (Å²) < 4.78 is 23.1. The van der Waals surface area contributed by atoms with Crippen LogP contribution in [0.4, 0.5) is 0 Å². The SMILES string of the molecule is NC(=O)CONS(=O)(=O)c1ccc(CC(=O)O)s1. The second-order valence-corrected chi connectivity index (χ2v) is 6.17. The fourth-order valence-electron chi connectivity index (χ4n) is 0.966. The van der Waals surface area contributed by atoms with E-state index in [1.165, 1.54) is 12.1 Å². The van der Waals surface area contributed by atoms with E-state index >= 15 is 0 Å². The zero-order chi connectivity index (χ0) is 13.8. The molecule has 0 aliphatic rings. The third kappa shape index (κ3) is 4.41. The monoisotopic (exact) mass is 294 g/mol. The third-order valence-electron chi connectivity index (χ3n) is 1.61. The molecule has 100 valence electrons. The molecular weight excluding hydrogens is 284 g/mol. The molecule has 0 saturated carbocycles. The summed E-state index contributed by atoms with van der Waals surface area (Å²) in [5, 5.41) is 8.55. The molecular formula is C8H10N2O6S2. The van der Waals surface area contributed by atoms with Gasteiger partial charge in [-0.15, -0.1) is 11.3 Å². The van der Waals surface area contributed by atoms with E-state index in [1.54, 1.807) is 4.89 Å². The van der Waals surface area contributed by atoms with Crippen molar-refractivity contribution in [3.63, 3.8) is 0 Å². The smallest absolute Gasteiger partial charge is 0.308 e. The number of sulfonamides is 1. The van der Waals surface area contributed by atoms with E-state index in [-0.39, 0.29) is 10.6 Å². The quantitative estimate of drug-likeness (QED) is 0.556. The number of hydrogen-bond acceptors (Lipinski definition) is 6. The van der Waals surface area contributed by atoms with Gasteiger partial charge in [-0.1, -0.05) is 4.89 Å². The van der Waals surface area contributed by atoms with Gasteiger partial charge in [0, 0.05) is 4.88 Å². The van der Waals surface area contributed by atoms with Gasteiger partial charge in [0.1, 0.15) is 10.8 Å². The molecule has 1 aromatic rings. The summed E-state index contributed by atoms with van der Waals surface area (Å²) in [6.07, 6.45) is -0.262. The molecule has 1 rings (SSSR count). The van der Waals surface area contributed by atoms with Crippen LogP contribution in [0.5, 0.6) is 0 Å². The molecule has 0 fully saturated rings. The standard InChI is InChI=1S/C8H10N2O6S2/c9-6(11)4-16-10-18(14,15)8-2-1-5(17-8)3-7(12)13/h1-2,10H,3-4H2,(H2,9,11)(H,12,13). The summed E-state index contributed by atoms with van der Waals surface area (Å²) in [7, 11) is -3.93. The van der Waals surface area contributed by atoms with Crippen molar-refractivity contribution in [1.82, 2.24) is 4.89 Å². The van der Waals surface area contributed by atoms with Crippen LogP contribution < -0.4 is 10.6 Å². The highest BCUT2D eigenvalue weighted by Crippen LogP contribution is 2.21. The van der Waals surface area contributed by atoms with Gasteiger partial charge in [-0.25, -0.2) is 8.42 Å². The Morgan fingerprint density at radius 2 is 2.11 bits per heavy atom. The van der Waals surface area contributed by atoms with Crippen LogP contribution in [-0.4, -0.2) is 32.0 Å². The number of carbonyl (C=O) groups is 2. The third-order valence-corrected chi connectivity index (χ3v) is 4.40. The van der Waals surface area contributed by atoms with Crippen molar-refractivity contribution in [3.05, 3.63) is 17.0 Å². The number of hydrogen-bond donors (Lipinski definition) is 3. The Hall–Kier alpha value is -1.49. The van der Waals surface area contributed by atoms with Crippen molar-refractivity contribution in [2.75, 3.05) is 6.61 Å². The average Bonchev–Trinajstić information content (AvgIpc) is 2.64. The Labute approximate surface area is 106 Å². The van der Waals surface area contributed by atoms with E-state index in [4.69, 9.17) is 10.8 Å². The second kappa shape index (κ2) is 5.91. The highest BCUT2D eigenvalue weighted by atomic mass is 32.2. The molecule has 1 amide bonds. The molecule has 0 atom stereocenters. The van der Waals surface area contributed by atoms with Crippen molar-refractivity contribution in [2.24, 2.45) is 5.73 Å². The van der Waals surface area contributed by atoms with Gasteiger partial charge >= 0.3 is 5.97 Å². The maximum absolute atomic E-state index is 11.6. The lowest BCUT2D eigenvalue weighted by molar-refractivity contribution is -0.136. The molecule has 0 aliphatic carbocycles. The molecule has 0 aromatic carbocycles. The van der Waals surface area contributed by atoms with Crippen LogP contribution in [0.2, 0.25) is 0 Å². The first kappa shape index (κ1) is 14.6. The molecule has 0 aliphatic heterocycles. The number of thiophene rings is 1. The van der Waals surface area contributed by atoms with Gasteiger partial charge in [0.15, 0.2) is 0 Å². The largest absolute Gasteiger partial charge is 0.481 e.